The molecule has 0 saturated carbocycles. The predicted molar refractivity (Wildman–Crippen MR) is 79.0 cm³/mol. The van der Waals surface area contributed by atoms with E-state index in [2.05, 4.69) is 20.6 Å². The van der Waals surface area contributed by atoms with Gasteiger partial charge in [0.15, 0.2) is 0 Å². The van der Waals surface area contributed by atoms with E-state index < -0.39 is 0 Å². The molecule has 0 aliphatic heterocycles. The molecule has 20 heavy (non-hydrogen) atoms. The monoisotopic (exact) mass is 275 g/mol. The smallest absolute Gasteiger partial charge is 0.223 e. The van der Waals surface area contributed by atoms with E-state index in [1.165, 1.54) is 12.1 Å². The molecule has 0 radical (unpaired) electrons. The predicted octanol–water partition coefficient (Wildman–Crippen LogP) is 2.80. The van der Waals surface area contributed by atoms with Gasteiger partial charge in [-0.05, 0) is 31.5 Å². The molecule has 0 amide bonds. The van der Waals surface area contributed by atoms with Crippen molar-refractivity contribution in [1.82, 2.24) is 9.97 Å². The molecule has 0 spiro atoms. The Hall–Kier alpha value is -2.37. The second-order valence-electron chi connectivity index (χ2n) is 4.45. The first-order valence-corrected chi connectivity index (χ1v) is 6.49. The van der Waals surface area contributed by atoms with Crippen LogP contribution in [0.25, 0.3) is 0 Å². The van der Waals surface area contributed by atoms with Crippen molar-refractivity contribution in [2.45, 2.75) is 19.9 Å². The topological polar surface area (TPSA) is 75.9 Å². The lowest BCUT2D eigenvalue weighted by Crippen LogP contribution is -2.11. The van der Waals surface area contributed by atoms with E-state index in [1.54, 1.807) is 12.1 Å². The van der Waals surface area contributed by atoms with Crippen molar-refractivity contribution in [3.63, 3.8) is 0 Å². The van der Waals surface area contributed by atoms with E-state index in [0.29, 0.717) is 11.6 Å². The van der Waals surface area contributed by atoms with Crippen LogP contribution in [0.2, 0.25) is 0 Å². The van der Waals surface area contributed by atoms with E-state index in [0.717, 1.165) is 12.1 Å². The first-order chi connectivity index (χ1) is 9.58. The van der Waals surface area contributed by atoms with Gasteiger partial charge in [-0.25, -0.2) is 4.39 Å². The fraction of sp³-hybridized carbons (Fsp3) is 0.286. The molecular formula is C14H18FN5. The van der Waals surface area contributed by atoms with E-state index in [9.17, 15) is 4.39 Å². The Bertz CT molecular complexity index is 588. The summed E-state index contributed by atoms with van der Waals surface area (Å²) in [4.78, 5) is 8.20. The highest BCUT2D eigenvalue weighted by Crippen LogP contribution is 2.20. The zero-order valence-corrected chi connectivity index (χ0v) is 11.5. The second kappa shape index (κ2) is 6.18. The summed E-state index contributed by atoms with van der Waals surface area (Å²) in [6.45, 7) is 4.65. The van der Waals surface area contributed by atoms with Gasteiger partial charge >= 0.3 is 0 Å². The lowest BCUT2D eigenvalue weighted by molar-refractivity contribution is 0.623. The number of halogens is 1. The summed E-state index contributed by atoms with van der Waals surface area (Å²) >= 11 is 0. The second-order valence-corrected chi connectivity index (χ2v) is 4.45. The third-order valence-electron chi connectivity index (χ3n) is 2.81. The average molecular weight is 275 g/mol. The minimum absolute atomic E-state index is 0.0884. The van der Waals surface area contributed by atoms with Crippen LogP contribution in [0.15, 0.2) is 30.3 Å². The van der Waals surface area contributed by atoms with Gasteiger partial charge in [-0.1, -0.05) is 12.1 Å². The lowest BCUT2D eigenvalue weighted by atomic mass is 10.1. The molecule has 5 nitrogen and oxygen atoms in total. The minimum Gasteiger partial charge on any atom is -0.370 e. The van der Waals surface area contributed by atoms with Crippen LogP contribution in [0.5, 0.6) is 0 Å². The number of aromatic nitrogens is 2. The largest absolute Gasteiger partial charge is 0.370 e. The number of rotatable bonds is 5. The molecule has 0 aliphatic carbocycles. The Morgan fingerprint density at radius 2 is 2.00 bits per heavy atom. The van der Waals surface area contributed by atoms with Crippen LogP contribution < -0.4 is 16.4 Å². The Balaban J connectivity index is 2.16. The van der Waals surface area contributed by atoms with Gasteiger partial charge in [0.2, 0.25) is 5.95 Å². The molecule has 0 aliphatic rings. The third-order valence-corrected chi connectivity index (χ3v) is 2.81. The number of hydrogen-bond donors (Lipinski definition) is 3. The van der Waals surface area contributed by atoms with Crippen molar-refractivity contribution in [1.29, 1.82) is 0 Å². The zero-order valence-electron chi connectivity index (χ0n) is 11.5. The van der Waals surface area contributed by atoms with Crippen molar-refractivity contribution in [3.05, 3.63) is 41.7 Å². The molecule has 106 valence electrons. The average Bonchev–Trinajstić information content (AvgIpc) is 2.38. The van der Waals surface area contributed by atoms with E-state index >= 15 is 0 Å². The van der Waals surface area contributed by atoms with Gasteiger partial charge in [-0.2, -0.15) is 9.97 Å². The molecular weight excluding hydrogens is 257 g/mol. The summed E-state index contributed by atoms with van der Waals surface area (Å²) in [5.74, 6) is 1.20. The summed E-state index contributed by atoms with van der Waals surface area (Å²) in [5.41, 5.74) is 6.51. The molecule has 6 heteroatoms. The molecule has 1 atom stereocenters. The van der Waals surface area contributed by atoms with Crippen molar-refractivity contribution in [3.8, 4) is 0 Å². The quantitative estimate of drug-likeness (QED) is 0.782. The summed E-state index contributed by atoms with van der Waals surface area (Å²) in [6, 6.07) is 8.14. The van der Waals surface area contributed by atoms with Crippen LogP contribution in [0, 0.1) is 5.82 Å². The normalized spacial score (nSPS) is 11.9. The Morgan fingerprint density at radius 1 is 1.25 bits per heavy atom. The SMILES string of the molecule is CCNc1cc(NC(C)c2cccc(F)c2)nc(N)n1. The molecule has 0 fully saturated rings. The molecule has 1 aromatic heterocycles. The Kier molecular flexibility index (Phi) is 4.34. The van der Waals surface area contributed by atoms with E-state index in [1.807, 2.05) is 19.9 Å². The van der Waals surface area contributed by atoms with Crippen LogP contribution in [0.1, 0.15) is 25.5 Å². The molecule has 1 unspecified atom stereocenters. The van der Waals surface area contributed by atoms with Crippen molar-refractivity contribution in [2.24, 2.45) is 0 Å². The minimum atomic E-state index is -0.258. The van der Waals surface area contributed by atoms with Crippen LogP contribution in [-0.4, -0.2) is 16.5 Å². The molecule has 1 aromatic carbocycles. The van der Waals surface area contributed by atoms with Crippen molar-refractivity contribution >= 4 is 17.6 Å². The molecule has 0 bridgehead atoms. The highest BCUT2D eigenvalue weighted by Gasteiger charge is 2.08. The molecule has 2 rings (SSSR count). The number of nitrogens with two attached hydrogens (primary N) is 1. The van der Waals surface area contributed by atoms with Crippen LogP contribution >= 0.6 is 0 Å². The van der Waals surface area contributed by atoms with Gasteiger partial charge in [-0.3, -0.25) is 0 Å². The van der Waals surface area contributed by atoms with Crippen molar-refractivity contribution < 1.29 is 4.39 Å². The maximum absolute atomic E-state index is 13.2. The Labute approximate surface area is 117 Å². The van der Waals surface area contributed by atoms with Gasteiger partial charge in [0.25, 0.3) is 0 Å². The van der Waals surface area contributed by atoms with Gasteiger partial charge in [-0.15, -0.1) is 0 Å². The first kappa shape index (κ1) is 14.0. The summed E-state index contributed by atoms with van der Waals surface area (Å²) in [5, 5.41) is 6.27. The number of anilines is 3. The van der Waals surface area contributed by atoms with Gasteiger partial charge in [0.05, 0.1) is 6.04 Å². The number of nitrogen functional groups attached to an aromatic ring is 1. The molecule has 2 aromatic rings. The van der Waals surface area contributed by atoms with E-state index in [-0.39, 0.29) is 17.8 Å². The van der Waals surface area contributed by atoms with Crippen LogP contribution in [0.3, 0.4) is 0 Å². The zero-order chi connectivity index (χ0) is 14.5. The van der Waals surface area contributed by atoms with Gasteiger partial charge in [0.1, 0.15) is 17.5 Å². The van der Waals surface area contributed by atoms with Crippen LogP contribution in [-0.2, 0) is 0 Å². The lowest BCUT2D eigenvalue weighted by Gasteiger charge is -2.16. The molecule has 4 N–H and O–H groups in total. The fourth-order valence-corrected chi connectivity index (χ4v) is 1.89. The highest BCUT2D eigenvalue weighted by molar-refractivity contribution is 5.51. The van der Waals surface area contributed by atoms with Crippen LogP contribution in [0.4, 0.5) is 22.0 Å². The van der Waals surface area contributed by atoms with Gasteiger partial charge in [0, 0.05) is 12.6 Å². The standard InChI is InChI=1S/C14H18FN5/c1-3-17-12-8-13(20-14(16)19-12)18-9(2)10-5-4-6-11(15)7-10/h4-9H,3H2,1-2H3,(H4,16,17,18,19,20). The molecule has 1 heterocycles. The van der Waals surface area contributed by atoms with Gasteiger partial charge < -0.3 is 16.4 Å². The number of nitrogens with one attached hydrogen (secondary N) is 2. The van der Waals surface area contributed by atoms with E-state index in [4.69, 9.17) is 5.73 Å². The molecule has 0 saturated heterocycles. The Morgan fingerprint density at radius 3 is 2.70 bits per heavy atom. The maximum Gasteiger partial charge on any atom is 0.223 e. The van der Waals surface area contributed by atoms with Crippen molar-refractivity contribution in [2.75, 3.05) is 22.9 Å². The fourth-order valence-electron chi connectivity index (χ4n) is 1.89. The first-order valence-electron chi connectivity index (χ1n) is 6.49. The highest BCUT2D eigenvalue weighted by atomic mass is 19.1. The number of hydrogen-bond acceptors (Lipinski definition) is 5. The summed E-state index contributed by atoms with van der Waals surface area (Å²) < 4.78 is 13.2. The summed E-state index contributed by atoms with van der Waals surface area (Å²) in [7, 11) is 0. The number of benzene rings is 1. The summed E-state index contributed by atoms with van der Waals surface area (Å²) in [6.07, 6.45) is 0. The third kappa shape index (κ3) is 3.57. The number of nitrogens with zero attached hydrogens (tertiary/aromatic N) is 2. The maximum atomic E-state index is 13.2.